The third kappa shape index (κ3) is 5.07. The first-order valence-electron chi connectivity index (χ1n) is 8.01. The SMILES string of the molecule is O=C(Nc1ccc(SCc2cccc(C(F)(F)F)c2)nn1)c1ccccc1F. The van der Waals surface area contributed by atoms with Crippen LogP contribution in [0.25, 0.3) is 0 Å². The summed E-state index contributed by atoms with van der Waals surface area (Å²) in [6.45, 7) is 0. The first-order valence-corrected chi connectivity index (χ1v) is 9.00. The number of carbonyl (C=O) groups excluding carboxylic acids is 1. The van der Waals surface area contributed by atoms with Crippen LogP contribution in [0.4, 0.5) is 23.4 Å². The Bertz CT molecular complexity index is 977. The second-order valence-electron chi connectivity index (χ2n) is 5.68. The third-order valence-electron chi connectivity index (χ3n) is 3.64. The number of hydrogen-bond donors (Lipinski definition) is 1. The van der Waals surface area contributed by atoms with Crippen LogP contribution in [0.5, 0.6) is 0 Å². The number of carbonyl (C=O) groups is 1. The largest absolute Gasteiger partial charge is 0.416 e. The standard InChI is InChI=1S/C19H13F4N3OS/c20-15-7-2-1-6-14(15)18(27)24-16-8-9-17(26-25-16)28-11-12-4-3-5-13(10-12)19(21,22)23/h1-10H,11H2,(H,24,25,27). The van der Waals surface area contributed by atoms with Crippen molar-refractivity contribution in [3.63, 3.8) is 0 Å². The van der Waals surface area contributed by atoms with Crippen molar-refractivity contribution in [2.75, 3.05) is 5.32 Å². The molecule has 9 heteroatoms. The monoisotopic (exact) mass is 407 g/mol. The highest BCUT2D eigenvalue weighted by atomic mass is 32.2. The van der Waals surface area contributed by atoms with E-state index in [0.29, 0.717) is 10.6 Å². The number of benzene rings is 2. The van der Waals surface area contributed by atoms with Crippen molar-refractivity contribution in [3.8, 4) is 0 Å². The maximum atomic E-state index is 13.6. The van der Waals surface area contributed by atoms with Crippen LogP contribution in [0, 0.1) is 5.82 Å². The fourth-order valence-electron chi connectivity index (χ4n) is 2.29. The predicted molar refractivity (Wildman–Crippen MR) is 97.4 cm³/mol. The molecule has 1 N–H and O–H groups in total. The molecule has 1 aromatic heterocycles. The molecule has 144 valence electrons. The predicted octanol–water partition coefficient (Wildman–Crippen LogP) is 5.18. The molecule has 0 saturated carbocycles. The van der Waals surface area contributed by atoms with E-state index in [9.17, 15) is 22.4 Å². The summed E-state index contributed by atoms with van der Waals surface area (Å²) in [7, 11) is 0. The summed E-state index contributed by atoms with van der Waals surface area (Å²) >= 11 is 1.21. The highest BCUT2D eigenvalue weighted by Crippen LogP contribution is 2.31. The van der Waals surface area contributed by atoms with Crippen molar-refractivity contribution in [3.05, 3.63) is 83.2 Å². The molecule has 0 saturated heterocycles. The van der Waals surface area contributed by atoms with E-state index in [4.69, 9.17) is 0 Å². The first-order chi connectivity index (χ1) is 13.3. The Hall–Kier alpha value is -2.94. The van der Waals surface area contributed by atoms with Gasteiger partial charge >= 0.3 is 6.18 Å². The van der Waals surface area contributed by atoms with Crippen LogP contribution in [-0.2, 0) is 11.9 Å². The van der Waals surface area contributed by atoms with Gasteiger partial charge in [0.15, 0.2) is 5.82 Å². The Labute approximate surface area is 162 Å². The number of halogens is 4. The molecular formula is C19H13F4N3OS. The van der Waals surface area contributed by atoms with Crippen LogP contribution in [-0.4, -0.2) is 16.1 Å². The molecule has 0 fully saturated rings. The van der Waals surface area contributed by atoms with Gasteiger partial charge in [0, 0.05) is 5.75 Å². The van der Waals surface area contributed by atoms with E-state index >= 15 is 0 Å². The van der Waals surface area contributed by atoms with Gasteiger partial charge in [0.25, 0.3) is 5.91 Å². The quantitative estimate of drug-likeness (QED) is 0.468. The van der Waals surface area contributed by atoms with Gasteiger partial charge in [-0.25, -0.2) is 4.39 Å². The van der Waals surface area contributed by atoms with Gasteiger partial charge in [0.1, 0.15) is 10.8 Å². The molecule has 0 atom stereocenters. The maximum Gasteiger partial charge on any atom is 0.416 e. The Morgan fingerprint density at radius 3 is 2.46 bits per heavy atom. The second kappa shape index (κ2) is 8.39. The molecule has 2 aromatic carbocycles. The minimum absolute atomic E-state index is 0.118. The molecule has 0 aliphatic heterocycles. The number of alkyl halides is 3. The number of nitrogens with one attached hydrogen (secondary N) is 1. The molecule has 1 heterocycles. The van der Waals surface area contributed by atoms with E-state index in [1.807, 2.05) is 0 Å². The molecule has 4 nitrogen and oxygen atoms in total. The molecule has 0 spiro atoms. The summed E-state index contributed by atoms with van der Waals surface area (Å²) in [5.41, 5.74) is -0.325. The highest BCUT2D eigenvalue weighted by Gasteiger charge is 2.30. The van der Waals surface area contributed by atoms with E-state index in [-0.39, 0.29) is 17.1 Å². The van der Waals surface area contributed by atoms with Crippen LogP contribution in [0.3, 0.4) is 0 Å². The fourth-order valence-corrected chi connectivity index (χ4v) is 3.04. The summed E-state index contributed by atoms with van der Waals surface area (Å²) in [5.74, 6) is -0.894. The Morgan fingerprint density at radius 2 is 1.79 bits per heavy atom. The lowest BCUT2D eigenvalue weighted by Crippen LogP contribution is -2.14. The first kappa shape index (κ1) is 19.8. The summed E-state index contributed by atoms with van der Waals surface area (Å²) in [5, 5.41) is 10.7. The number of rotatable bonds is 5. The van der Waals surface area contributed by atoms with Crippen LogP contribution in [0.15, 0.2) is 65.7 Å². The smallest absolute Gasteiger partial charge is 0.305 e. The number of hydrogen-bond acceptors (Lipinski definition) is 4. The van der Waals surface area contributed by atoms with E-state index in [2.05, 4.69) is 15.5 Å². The van der Waals surface area contributed by atoms with Crippen molar-refractivity contribution in [1.29, 1.82) is 0 Å². The van der Waals surface area contributed by atoms with E-state index in [0.717, 1.165) is 12.1 Å². The van der Waals surface area contributed by atoms with Crippen LogP contribution in [0.2, 0.25) is 0 Å². The van der Waals surface area contributed by atoms with Crippen LogP contribution < -0.4 is 5.32 Å². The summed E-state index contributed by atoms with van der Waals surface area (Å²) in [4.78, 5) is 12.0. The highest BCUT2D eigenvalue weighted by molar-refractivity contribution is 7.98. The van der Waals surface area contributed by atoms with E-state index in [1.165, 1.54) is 48.2 Å². The van der Waals surface area contributed by atoms with Gasteiger partial charge in [-0.2, -0.15) is 13.2 Å². The molecule has 1 amide bonds. The fraction of sp³-hybridized carbons (Fsp3) is 0.105. The van der Waals surface area contributed by atoms with Gasteiger partial charge in [-0.3, -0.25) is 4.79 Å². The summed E-state index contributed by atoms with van der Waals surface area (Å²) in [6, 6.07) is 13.6. The van der Waals surface area contributed by atoms with Gasteiger partial charge in [0.05, 0.1) is 11.1 Å². The summed E-state index contributed by atoms with van der Waals surface area (Å²) in [6.07, 6.45) is -4.39. The lowest BCUT2D eigenvalue weighted by Gasteiger charge is -2.08. The van der Waals surface area contributed by atoms with Gasteiger partial charge in [-0.05, 0) is 35.9 Å². The zero-order valence-electron chi connectivity index (χ0n) is 14.2. The van der Waals surface area contributed by atoms with Crippen molar-refractivity contribution < 1.29 is 22.4 Å². The zero-order valence-corrected chi connectivity index (χ0v) is 15.0. The molecule has 0 unspecified atom stereocenters. The minimum atomic E-state index is -4.39. The van der Waals surface area contributed by atoms with Gasteiger partial charge in [0.2, 0.25) is 0 Å². The van der Waals surface area contributed by atoms with Crippen molar-refractivity contribution in [2.45, 2.75) is 17.0 Å². The average molecular weight is 407 g/mol. The topological polar surface area (TPSA) is 54.9 Å². The maximum absolute atomic E-state index is 13.6. The van der Waals surface area contributed by atoms with E-state index < -0.39 is 23.5 Å². The number of amides is 1. The Morgan fingerprint density at radius 1 is 1.00 bits per heavy atom. The zero-order chi connectivity index (χ0) is 20.1. The van der Waals surface area contributed by atoms with Gasteiger partial charge in [-0.1, -0.05) is 42.1 Å². The molecular weight excluding hydrogens is 394 g/mol. The lowest BCUT2D eigenvalue weighted by atomic mass is 10.1. The molecule has 0 radical (unpaired) electrons. The minimum Gasteiger partial charge on any atom is -0.305 e. The molecule has 3 rings (SSSR count). The lowest BCUT2D eigenvalue weighted by molar-refractivity contribution is -0.137. The summed E-state index contributed by atoms with van der Waals surface area (Å²) < 4.78 is 51.8. The van der Waals surface area contributed by atoms with Gasteiger partial charge < -0.3 is 5.32 Å². The second-order valence-corrected chi connectivity index (χ2v) is 6.67. The van der Waals surface area contributed by atoms with Crippen molar-refractivity contribution in [1.82, 2.24) is 10.2 Å². The molecule has 0 aliphatic carbocycles. The Kier molecular flexibility index (Phi) is 5.93. The normalized spacial score (nSPS) is 11.3. The van der Waals surface area contributed by atoms with E-state index in [1.54, 1.807) is 12.1 Å². The molecule has 0 bridgehead atoms. The molecule has 0 aliphatic rings. The molecule has 3 aromatic rings. The van der Waals surface area contributed by atoms with Crippen LogP contribution in [0.1, 0.15) is 21.5 Å². The third-order valence-corrected chi connectivity index (χ3v) is 4.63. The average Bonchev–Trinajstić information content (AvgIpc) is 2.67. The number of anilines is 1. The number of thioether (sulfide) groups is 1. The number of aromatic nitrogens is 2. The number of nitrogens with zero attached hydrogens (tertiary/aromatic N) is 2. The van der Waals surface area contributed by atoms with Crippen LogP contribution >= 0.6 is 11.8 Å². The molecule has 28 heavy (non-hydrogen) atoms. The Balaban J connectivity index is 1.61. The van der Waals surface area contributed by atoms with Crippen molar-refractivity contribution >= 4 is 23.5 Å². The van der Waals surface area contributed by atoms with Crippen molar-refractivity contribution in [2.24, 2.45) is 0 Å². The van der Waals surface area contributed by atoms with Gasteiger partial charge in [-0.15, -0.1) is 10.2 Å².